The fourth-order valence-electron chi connectivity index (χ4n) is 2.73. The summed E-state index contributed by atoms with van der Waals surface area (Å²) in [7, 11) is 1.79. The SMILES string of the molecule is CC(=O)N[C@@H](CC(=O)N(C)[C@H](C)c1nc2ccccc2s1)c1cccs1. The Kier molecular flexibility index (Phi) is 5.68. The summed E-state index contributed by atoms with van der Waals surface area (Å²) in [5, 5.41) is 5.74. The van der Waals surface area contributed by atoms with E-state index in [4.69, 9.17) is 0 Å². The molecule has 3 rings (SSSR count). The number of fused-ring (bicyclic) bond motifs is 1. The second-order valence-corrected chi connectivity index (χ2v) is 8.21. The molecule has 0 aliphatic carbocycles. The Hall–Kier alpha value is -2.25. The molecule has 0 unspecified atom stereocenters. The number of aromatic nitrogens is 1. The van der Waals surface area contributed by atoms with Gasteiger partial charge in [0.05, 0.1) is 28.7 Å². The van der Waals surface area contributed by atoms with Crippen molar-refractivity contribution in [2.24, 2.45) is 0 Å². The summed E-state index contributed by atoms with van der Waals surface area (Å²) in [6.07, 6.45) is 0.228. The van der Waals surface area contributed by atoms with Crippen LogP contribution in [-0.2, 0) is 9.59 Å². The number of carbonyl (C=O) groups is 2. The van der Waals surface area contributed by atoms with Gasteiger partial charge in [-0.25, -0.2) is 4.98 Å². The van der Waals surface area contributed by atoms with E-state index in [0.29, 0.717) is 0 Å². The normalized spacial score (nSPS) is 13.3. The predicted octanol–water partition coefficient (Wildman–Crippen LogP) is 4.14. The monoisotopic (exact) mass is 387 g/mol. The fourth-order valence-corrected chi connectivity index (χ4v) is 4.57. The Morgan fingerprint density at radius 3 is 2.65 bits per heavy atom. The minimum absolute atomic E-state index is 0.0242. The molecular formula is C19H21N3O2S2. The van der Waals surface area contributed by atoms with Gasteiger partial charge in [0.2, 0.25) is 11.8 Å². The average Bonchev–Trinajstić information content (AvgIpc) is 3.28. The second-order valence-electron chi connectivity index (χ2n) is 6.17. The lowest BCUT2D eigenvalue weighted by molar-refractivity contribution is -0.132. The minimum atomic E-state index is -0.301. The van der Waals surface area contributed by atoms with Crippen LogP contribution in [0.4, 0.5) is 0 Å². The van der Waals surface area contributed by atoms with Crippen LogP contribution in [-0.4, -0.2) is 28.7 Å². The molecule has 136 valence electrons. The van der Waals surface area contributed by atoms with Gasteiger partial charge in [-0.05, 0) is 30.5 Å². The van der Waals surface area contributed by atoms with Gasteiger partial charge >= 0.3 is 0 Å². The van der Waals surface area contributed by atoms with Crippen molar-refractivity contribution in [3.63, 3.8) is 0 Å². The average molecular weight is 388 g/mol. The summed E-state index contributed by atoms with van der Waals surface area (Å²) < 4.78 is 1.12. The molecule has 0 saturated heterocycles. The molecule has 0 saturated carbocycles. The molecule has 1 aromatic carbocycles. The highest BCUT2D eigenvalue weighted by Gasteiger charge is 2.25. The molecule has 5 nitrogen and oxygen atoms in total. The Labute approximate surface area is 160 Å². The number of amides is 2. The van der Waals surface area contributed by atoms with Crippen molar-refractivity contribution in [2.75, 3.05) is 7.05 Å². The van der Waals surface area contributed by atoms with Gasteiger partial charge in [-0.1, -0.05) is 18.2 Å². The Balaban J connectivity index is 1.73. The summed E-state index contributed by atoms with van der Waals surface area (Å²) in [4.78, 5) is 31.7. The van der Waals surface area contributed by atoms with Crippen molar-refractivity contribution in [3.8, 4) is 0 Å². The van der Waals surface area contributed by atoms with Crippen LogP contribution in [0, 0.1) is 0 Å². The lowest BCUT2D eigenvalue weighted by Gasteiger charge is -2.25. The van der Waals surface area contributed by atoms with Crippen molar-refractivity contribution in [3.05, 3.63) is 51.7 Å². The van der Waals surface area contributed by atoms with Crippen molar-refractivity contribution >= 4 is 44.7 Å². The number of thiazole rings is 1. The first-order chi connectivity index (χ1) is 12.5. The molecule has 26 heavy (non-hydrogen) atoms. The van der Waals surface area contributed by atoms with E-state index >= 15 is 0 Å². The molecule has 2 aromatic heterocycles. The van der Waals surface area contributed by atoms with E-state index in [1.54, 1.807) is 23.3 Å². The maximum atomic E-state index is 12.8. The van der Waals surface area contributed by atoms with E-state index in [0.717, 1.165) is 20.1 Å². The van der Waals surface area contributed by atoms with Gasteiger partial charge in [0.15, 0.2) is 0 Å². The number of hydrogen-bond donors (Lipinski definition) is 1. The molecule has 2 heterocycles. The summed E-state index contributed by atoms with van der Waals surface area (Å²) in [5.41, 5.74) is 0.954. The highest BCUT2D eigenvalue weighted by atomic mass is 32.1. The van der Waals surface area contributed by atoms with Gasteiger partial charge in [0.1, 0.15) is 5.01 Å². The van der Waals surface area contributed by atoms with Gasteiger partial charge < -0.3 is 10.2 Å². The lowest BCUT2D eigenvalue weighted by atomic mass is 10.1. The van der Waals surface area contributed by atoms with Crippen LogP contribution >= 0.6 is 22.7 Å². The van der Waals surface area contributed by atoms with E-state index in [-0.39, 0.29) is 30.3 Å². The first-order valence-electron chi connectivity index (χ1n) is 8.37. The molecule has 1 N–H and O–H groups in total. The quantitative estimate of drug-likeness (QED) is 0.691. The standard InChI is InChI=1S/C19H21N3O2S2/c1-12(19-21-14-7-4-5-8-17(14)26-19)22(3)18(24)11-15(20-13(2)23)16-9-6-10-25-16/h4-10,12,15H,11H2,1-3H3,(H,20,23)/t12-,15+/m1/s1. The third-order valence-corrected chi connectivity index (χ3v) is 6.48. The van der Waals surface area contributed by atoms with Crippen LogP contribution in [0.25, 0.3) is 10.2 Å². The van der Waals surface area contributed by atoms with E-state index in [1.807, 2.05) is 48.7 Å². The van der Waals surface area contributed by atoms with Gasteiger partial charge in [-0.15, -0.1) is 22.7 Å². The molecule has 7 heteroatoms. The van der Waals surface area contributed by atoms with E-state index < -0.39 is 0 Å². The number of rotatable bonds is 6. The topological polar surface area (TPSA) is 62.3 Å². The Morgan fingerprint density at radius 2 is 2.00 bits per heavy atom. The van der Waals surface area contributed by atoms with Crippen LogP contribution < -0.4 is 5.32 Å². The number of nitrogens with zero attached hydrogens (tertiary/aromatic N) is 2. The Bertz CT molecular complexity index is 872. The van der Waals surface area contributed by atoms with Crippen LogP contribution in [0.3, 0.4) is 0 Å². The van der Waals surface area contributed by atoms with E-state index in [9.17, 15) is 9.59 Å². The zero-order valence-electron chi connectivity index (χ0n) is 14.9. The molecule has 0 aliphatic rings. The maximum Gasteiger partial charge on any atom is 0.225 e. The van der Waals surface area contributed by atoms with Crippen LogP contribution in [0.15, 0.2) is 41.8 Å². The summed E-state index contributed by atoms with van der Waals surface area (Å²) in [6, 6.07) is 11.4. The minimum Gasteiger partial charge on any atom is -0.348 e. The molecule has 2 atom stereocenters. The van der Waals surface area contributed by atoms with E-state index in [2.05, 4.69) is 10.3 Å². The van der Waals surface area contributed by atoms with Crippen LogP contribution in [0.1, 0.15) is 42.2 Å². The van der Waals surface area contributed by atoms with Crippen molar-refractivity contribution in [1.82, 2.24) is 15.2 Å². The number of carbonyl (C=O) groups excluding carboxylic acids is 2. The van der Waals surface area contributed by atoms with Crippen molar-refractivity contribution in [1.29, 1.82) is 0 Å². The van der Waals surface area contributed by atoms with Gasteiger partial charge in [0, 0.05) is 18.8 Å². The van der Waals surface area contributed by atoms with Gasteiger partial charge in [-0.2, -0.15) is 0 Å². The Morgan fingerprint density at radius 1 is 1.23 bits per heavy atom. The number of nitrogens with one attached hydrogen (secondary N) is 1. The third kappa shape index (κ3) is 4.11. The molecule has 3 aromatic rings. The summed E-state index contributed by atoms with van der Waals surface area (Å²) in [6.45, 7) is 3.45. The second kappa shape index (κ2) is 7.97. The van der Waals surface area contributed by atoms with Crippen molar-refractivity contribution in [2.45, 2.75) is 32.4 Å². The smallest absolute Gasteiger partial charge is 0.225 e. The first kappa shape index (κ1) is 18.5. The van der Waals surface area contributed by atoms with Crippen LogP contribution in [0.5, 0.6) is 0 Å². The molecular weight excluding hydrogens is 366 g/mol. The van der Waals surface area contributed by atoms with Gasteiger partial charge in [0.25, 0.3) is 0 Å². The molecule has 2 amide bonds. The predicted molar refractivity (Wildman–Crippen MR) is 106 cm³/mol. The van der Waals surface area contributed by atoms with Crippen LogP contribution in [0.2, 0.25) is 0 Å². The zero-order valence-corrected chi connectivity index (χ0v) is 16.6. The molecule has 0 fully saturated rings. The highest BCUT2D eigenvalue weighted by molar-refractivity contribution is 7.18. The largest absolute Gasteiger partial charge is 0.348 e. The van der Waals surface area contributed by atoms with Gasteiger partial charge in [-0.3, -0.25) is 9.59 Å². The lowest BCUT2D eigenvalue weighted by Crippen LogP contribution is -2.34. The third-order valence-electron chi connectivity index (χ3n) is 4.29. The zero-order chi connectivity index (χ0) is 18.7. The highest BCUT2D eigenvalue weighted by Crippen LogP contribution is 2.30. The number of benzene rings is 1. The number of para-hydroxylation sites is 1. The molecule has 0 bridgehead atoms. The molecule has 0 radical (unpaired) electrons. The number of hydrogen-bond acceptors (Lipinski definition) is 5. The summed E-state index contributed by atoms with van der Waals surface area (Å²) >= 11 is 3.14. The maximum absolute atomic E-state index is 12.8. The molecule has 0 aliphatic heterocycles. The van der Waals surface area contributed by atoms with E-state index in [1.165, 1.54) is 18.3 Å². The molecule has 0 spiro atoms. The van der Waals surface area contributed by atoms with Crippen molar-refractivity contribution < 1.29 is 9.59 Å². The fraction of sp³-hybridized carbons (Fsp3) is 0.316. The first-order valence-corrected chi connectivity index (χ1v) is 10.1. The number of thiophene rings is 1. The summed E-state index contributed by atoms with van der Waals surface area (Å²) in [5.74, 6) is -0.165.